The van der Waals surface area contributed by atoms with Gasteiger partial charge in [0.1, 0.15) is 0 Å². The van der Waals surface area contributed by atoms with E-state index in [9.17, 15) is 0 Å². The Balaban J connectivity index is 0.000000239. The molecule has 0 amide bonds. The fourth-order valence-electron chi connectivity index (χ4n) is 10.9. The first-order valence-electron chi connectivity index (χ1n) is 26.2. The van der Waals surface area contributed by atoms with Crippen LogP contribution in [0.25, 0.3) is 83.5 Å². The zero-order valence-electron chi connectivity index (χ0n) is 44.6. The Morgan fingerprint density at radius 3 is 2.08 bits per heavy atom. The van der Waals surface area contributed by atoms with Crippen molar-refractivity contribution in [2.45, 2.75) is 125 Å². The minimum absolute atomic E-state index is 0. The van der Waals surface area contributed by atoms with Crippen molar-refractivity contribution < 1.29 is 24.5 Å². The molecule has 0 atom stereocenters. The average Bonchev–Trinajstić information content (AvgIpc) is 4.11. The minimum Gasteiger partial charge on any atom is -0.486 e. The van der Waals surface area contributed by atoms with Gasteiger partial charge in [0.15, 0.2) is 0 Å². The summed E-state index contributed by atoms with van der Waals surface area (Å²) in [6.45, 7) is 25.2. The van der Waals surface area contributed by atoms with E-state index < -0.39 is 8.07 Å². The summed E-state index contributed by atoms with van der Waals surface area (Å²) in [4.78, 5) is 20.1. The first kappa shape index (κ1) is 51.8. The number of furan rings is 1. The predicted molar refractivity (Wildman–Crippen MR) is 304 cm³/mol. The predicted octanol–water partition coefficient (Wildman–Crippen LogP) is 17.0. The third-order valence-electron chi connectivity index (χ3n) is 14.4. The fraction of sp³-hybridized carbons (Fsp3) is 0.323. The van der Waals surface area contributed by atoms with Crippen molar-refractivity contribution in [3.63, 3.8) is 0 Å². The molecular weight excluding hydrogens is 1090 g/mol. The molecule has 5 aromatic carbocycles. The van der Waals surface area contributed by atoms with Gasteiger partial charge in [-0.25, -0.2) is 4.98 Å². The molecule has 73 heavy (non-hydrogen) atoms. The Bertz CT molecular complexity index is 3550. The number of fused-ring (bicyclic) bond motifs is 6. The van der Waals surface area contributed by atoms with E-state index in [1.807, 2.05) is 25.1 Å². The molecule has 0 saturated heterocycles. The van der Waals surface area contributed by atoms with Crippen LogP contribution in [0.1, 0.15) is 114 Å². The summed E-state index contributed by atoms with van der Waals surface area (Å²) in [6, 6.07) is 49.7. The van der Waals surface area contributed by atoms with E-state index in [0.717, 1.165) is 90.4 Å². The number of pyridine rings is 3. The van der Waals surface area contributed by atoms with E-state index in [4.69, 9.17) is 24.4 Å². The van der Waals surface area contributed by atoms with E-state index in [1.165, 1.54) is 54.4 Å². The van der Waals surface area contributed by atoms with Crippen LogP contribution in [0.3, 0.4) is 0 Å². The van der Waals surface area contributed by atoms with Gasteiger partial charge in [0.2, 0.25) is 5.71 Å². The minimum atomic E-state index is -1.35. The zero-order chi connectivity index (χ0) is 50.5. The van der Waals surface area contributed by atoms with Crippen molar-refractivity contribution in [2.75, 3.05) is 0 Å². The summed E-state index contributed by atoms with van der Waals surface area (Å²) in [5.74, 6) is 2.15. The second-order valence-electron chi connectivity index (χ2n) is 23.1. The molecule has 1 radical (unpaired) electrons. The monoisotopic (exact) mass is 1160 g/mol. The molecule has 375 valence electrons. The first-order valence-corrected chi connectivity index (χ1v) is 29.7. The molecule has 1 saturated carbocycles. The molecule has 5 heterocycles. The second kappa shape index (κ2) is 21.1. The van der Waals surface area contributed by atoms with Crippen molar-refractivity contribution in [1.29, 1.82) is 0 Å². The Morgan fingerprint density at radius 2 is 1.41 bits per heavy atom. The largest absolute Gasteiger partial charge is 0.486 e. The summed E-state index contributed by atoms with van der Waals surface area (Å²) in [5, 5.41) is 4.61. The van der Waals surface area contributed by atoms with Gasteiger partial charge in [-0.15, -0.1) is 54.1 Å². The number of aryl methyl sites for hydroxylation is 1. The van der Waals surface area contributed by atoms with Crippen LogP contribution in [-0.2, 0) is 32.9 Å². The second-order valence-corrected chi connectivity index (χ2v) is 28.1. The molecule has 0 N–H and O–H groups in total. The van der Waals surface area contributed by atoms with E-state index in [0.29, 0.717) is 5.71 Å². The van der Waals surface area contributed by atoms with Gasteiger partial charge >= 0.3 is 0 Å². The maximum Gasteiger partial charge on any atom is 0.216 e. The van der Waals surface area contributed by atoms with Crippen LogP contribution in [0, 0.1) is 30.4 Å². The van der Waals surface area contributed by atoms with Gasteiger partial charge in [-0.2, -0.15) is 0 Å². The molecule has 0 unspecified atom stereocenters. The van der Waals surface area contributed by atoms with E-state index in [-0.39, 0.29) is 37.4 Å². The van der Waals surface area contributed by atoms with Crippen LogP contribution in [0.2, 0.25) is 19.6 Å². The molecular formula is C65H69IrN5OSi-2. The Morgan fingerprint density at radius 1 is 0.712 bits per heavy atom. The van der Waals surface area contributed by atoms with Gasteiger partial charge < -0.3 is 14.0 Å². The van der Waals surface area contributed by atoms with E-state index >= 15 is 0 Å². The van der Waals surface area contributed by atoms with Gasteiger partial charge in [-0.3, -0.25) is 9.97 Å². The molecule has 1 aliphatic rings. The van der Waals surface area contributed by atoms with Crippen molar-refractivity contribution in [2.24, 2.45) is 11.3 Å². The molecule has 6 nitrogen and oxygen atoms in total. The molecule has 10 aromatic rings. The molecule has 1 aliphatic carbocycles. The molecule has 0 spiro atoms. The van der Waals surface area contributed by atoms with Crippen molar-refractivity contribution in [1.82, 2.24) is 24.5 Å². The zero-order valence-corrected chi connectivity index (χ0v) is 48.0. The van der Waals surface area contributed by atoms with Crippen LogP contribution < -0.4 is 5.19 Å². The number of rotatable bonds is 10. The number of benzene rings is 5. The van der Waals surface area contributed by atoms with Crippen molar-refractivity contribution >= 4 is 57.3 Å². The summed E-state index contributed by atoms with van der Waals surface area (Å²) in [6.07, 6.45) is 9.90. The number of hydrogen-bond donors (Lipinski definition) is 0. The molecule has 11 rings (SSSR count). The van der Waals surface area contributed by atoms with Crippen LogP contribution in [0.4, 0.5) is 0 Å². The third kappa shape index (κ3) is 10.8. The Hall–Kier alpha value is -6.05. The number of imidazole rings is 1. The Labute approximate surface area is 447 Å². The SMILES string of the molecule is C[Si](C)(C)c1cnc(-c2[c-]cccc2)cc1CC1CCCC1.Cc1ccc2c(ccc3nc(-c4[c-]ccc5c4oc4nc(CC(C)(C)C)ccc45)n(-c4c(C(C)C)cc(-c5ccccc5)cc4C(C)C)c32)n1.[Ir]. The molecule has 0 aliphatic heterocycles. The van der Waals surface area contributed by atoms with Crippen LogP contribution in [0.15, 0.2) is 132 Å². The van der Waals surface area contributed by atoms with Crippen LogP contribution in [-0.4, -0.2) is 32.6 Å². The van der Waals surface area contributed by atoms with Gasteiger partial charge in [0.25, 0.3) is 0 Å². The van der Waals surface area contributed by atoms with Gasteiger partial charge in [-0.05, 0) is 125 Å². The van der Waals surface area contributed by atoms with E-state index in [1.54, 1.807) is 10.8 Å². The third-order valence-corrected chi connectivity index (χ3v) is 16.5. The topological polar surface area (TPSA) is 69.6 Å². The quantitative estimate of drug-likeness (QED) is 0.101. The maximum absolute atomic E-state index is 6.71. The molecule has 0 bridgehead atoms. The maximum atomic E-state index is 6.71. The van der Waals surface area contributed by atoms with Crippen LogP contribution in [0.5, 0.6) is 0 Å². The normalized spacial score (nSPS) is 13.4. The average molecular weight is 1160 g/mol. The number of nitrogens with zero attached hydrogens (tertiary/aromatic N) is 5. The summed E-state index contributed by atoms with van der Waals surface area (Å²) < 4.78 is 9.09. The smallest absolute Gasteiger partial charge is 0.216 e. The summed E-state index contributed by atoms with van der Waals surface area (Å²) >= 11 is 0. The summed E-state index contributed by atoms with van der Waals surface area (Å²) in [7, 11) is -1.35. The molecule has 8 heteroatoms. The molecule has 5 aromatic heterocycles. The van der Waals surface area contributed by atoms with E-state index in [2.05, 4.69) is 194 Å². The Kier molecular flexibility index (Phi) is 14.9. The fourth-order valence-corrected chi connectivity index (χ4v) is 12.5. The van der Waals surface area contributed by atoms with Gasteiger partial charge in [0, 0.05) is 54.1 Å². The first-order chi connectivity index (χ1) is 34.5. The summed E-state index contributed by atoms with van der Waals surface area (Å²) in [5.41, 5.74) is 17.1. The van der Waals surface area contributed by atoms with Crippen molar-refractivity contribution in [3.05, 3.63) is 168 Å². The van der Waals surface area contributed by atoms with Gasteiger partial charge in [0.05, 0.1) is 36.0 Å². The number of hydrogen-bond acceptors (Lipinski definition) is 5. The van der Waals surface area contributed by atoms with Crippen molar-refractivity contribution in [3.8, 4) is 39.5 Å². The van der Waals surface area contributed by atoms with Gasteiger partial charge in [-0.1, -0.05) is 147 Å². The standard InChI is InChI=1S/C45H43N4O.C20H26NSi.Ir/c1-26(2)36-23-30(29-13-10-9-11-14-29)24-37(27(3)4)40(36)49-41-34-19-17-28(5)46-38(34)21-22-39(41)48-43(49)35-16-12-15-32-33-20-18-31(25-45(6,7)8)47-44(33)50-42(32)35;1-22(2,3)20-15-21-19(17-11-5-4-6-12-17)14-18(20)13-16-9-7-8-10-16;/h9-15,17-24,26-27H,25H2,1-8H3;4-6,11,14-16H,7-10,13H2,1-3H3;/q2*-1;. The van der Waals surface area contributed by atoms with Crippen LogP contribution >= 0.6 is 0 Å². The number of aromatic nitrogens is 5. The molecule has 1 fully saturated rings.